The number of imide groups is 1. The number of hydrogen-bond donors (Lipinski definition) is 5. The third-order valence-corrected chi connectivity index (χ3v) is 15.9. The zero-order valence-electron chi connectivity index (χ0n) is 48.7. The minimum atomic E-state index is -5.03. The molecule has 0 bridgehead atoms. The fourth-order valence-electron chi connectivity index (χ4n) is 10.6. The van der Waals surface area contributed by atoms with Crippen molar-refractivity contribution < 1.29 is 60.8 Å². The highest BCUT2D eigenvalue weighted by molar-refractivity contribution is 7.86. The van der Waals surface area contributed by atoms with Crippen molar-refractivity contribution in [1.29, 1.82) is 0 Å². The summed E-state index contributed by atoms with van der Waals surface area (Å²) in [5, 5.41) is 12.9. The molecule has 2 aromatic rings. The SMILES string of the molecule is CC[C@H](C)[C@@H]([C@@H](CC(=O)N1CCCC1[C@H](OC)[C@@H](C)C(=O)NC(C)C(=NNC(=O)c1ccc(NC(=O)CCCCCN2C(=O)C=CC2=O)cc1S(=O)(=O)O)c1ccccc1)OC)N(C)C(=O)C(NC(=O)C(C(C)C)N(C)C)C(C)C. The van der Waals surface area contributed by atoms with Gasteiger partial charge in [-0.25, -0.2) is 5.43 Å². The standard InChI is InChI=1S/C57H85N9O13S/c1-14-36(6)52(64(11)57(74)49(34(2)3)60-56(73)51(35(4)5)63(9)10)43(78-12)33-48(70)65-31-21-24-42(65)53(79-13)37(7)54(71)58-38(8)50(39-22-17-15-18-23-39)61-62-55(72)41-27-26-40(32-44(41)80(75,76)77)59-45(67)25-19-16-20-30-66-46(68)28-29-47(66)69/h15,17-18,22-23,26-29,32,34-38,42-43,49,51-53H,14,16,19-21,24-25,30-31,33H2,1-13H3,(H,58,71)(H,59,67)(H,60,73)(H,62,72)(H,75,76,77)/t36-,37+,38?,42?,43+,49?,51?,52-,53+/m0/s1. The molecule has 0 saturated carbocycles. The van der Waals surface area contributed by atoms with E-state index in [1.54, 1.807) is 61.0 Å². The molecule has 2 aliphatic heterocycles. The van der Waals surface area contributed by atoms with E-state index in [1.165, 1.54) is 32.4 Å². The van der Waals surface area contributed by atoms with Gasteiger partial charge in [-0.15, -0.1) is 0 Å². The first-order valence-electron chi connectivity index (χ1n) is 27.5. The van der Waals surface area contributed by atoms with E-state index in [0.29, 0.717) is 50.6 Å². The summed E-state index contributed by atoms with van der Waals surface area (Å²) in [7, 11) is 3.31. The van der Waals surface area contributed by atoms with Gasteiger partial charge in [-0.3, -0.25) is 52.7 Å². The molecular weight excluding hydrogens is 1050 g/mol. The van der Waals surface area contributed by atoms with Crippen molar-refractivity contribution in [3.05, 3.63) is 71.8 Å². The van der Waals surface area contributed by atoms with Gasteiger partial charge in [0.15, 0.2) is 0 Å². The second kappa shape index (κ2) is 30.4. The number of amides is 8. The van der Waals surface area contributed by atoms with E-state index in [4.69, 9.17) is 9.47 Å². The number of carbonyl (C=O) groups excluding carboxylic acids is 8. The Morgan fingerprint density at radius 1 is 0.838 bits per heavy atom. The van der Waals surface area contributed by atoms with Crippen LogP contribution < -0.4 is 21.4 Å². The molecular formula is C57H85N9O13S. The number of likely N-dealkylation sites (N-methyl/N-ethyl adjacent to an activating group) is 2. The van der Waals surface area contributed by atoms with Crippen LogP contribution in [0.3, 0.4) is 0 Å². The number of unbranched alkanes of at least 4 members (excludes halogenated alkanes) is 2. The summed E-state index contributed by atoms with van der Waals surface area (Å²) in [4.78, 5) is 112. The summed E-state index contributed by atoms with van der Waals surface area (Å²) in [6.07, 6.45) is 4.08. The lowest BCUT2D eigenvalue weighted by atomic mass is 9.89. The molecule has 2 aromatic carbocycles. The Labute approximate surface area is 471 Å². The van der Waals surface area contributed by atoms with Gasteiger partial charge in [0.25, 0.3) is 27.8 Å². The van der Waals surface area contributed by atoms with Crippen LogP contribution in [-0.4, -0.2) is 176 Å². The zero-order valence-corrected chi connectivity index (χ0v) is 49.5. The predicted octanol–water partition coefficient (Wildman–Crippen LogP) is 4.64. The number of nitrogens with zero attached hydrogens (tertiary/aromatic N) is 5. The number of ether oxygens (including phenoxy) is 2. The lowest BCUT2D eigenvalue weighted by Crippen LogP contribution is -2.59. The van der Waals surface area contributed by atoms with Crippen molar-refractivity contribution in [1.82, 2.24) is 35.7 Å². The lowest BCUT2D eigenvalue weighted by Gasteiger charge is -2.41. The Balaban J connectivity index is 1.47. The van der Waals surface area contributed by atoms with E-state index in [9.17, 15) is 51.3 Å². The van der Waals surface area contributed by atoms with Crippen LogP contribution >= 0.6 is 0 Å². The third-order valence-electron chi connectivity index (χ3n) is 15.0. The monoisotopic (exact) mass is 1140 g/mol. The summed E-state index contributed by atoms with van der Waals surface area (Å²) in [5.74, 6) is -4.72. The average Bonchev–Trinajstić information content (AvgIpc) is 4.02. The molecule has 0 spiro atoms. The van der Waals surface area contributed by atoms with Crippen LogP contribution in [0.25, 0.3) is 0 Å². The molecule has 2 heterocycles. The van der Waals surface area contributed by atoms with Crippen LogP contribution in [0.1, 0.15) is 123 Å². The summed E-state index contributed by atoms with van der Waals surface area (Å²) in [5.41, 5.74) is 2.54. The molecule has 4 unspecified atom stereocenters. The maximum Gasteiger partial charge on any atom is 0.295 e. The molecule has 9 atom stereocenters. The van der Waals surface area contributed by atoms with Crippen LogP contribution in [0.5, 0.6) is 0 Å². The van der Waals surface area contributed by atoms with Crippen molar-refractivity contribution in [2.45, 2.75) is 154 Å². The lowest BCUT2D eigenvalue weighted by molar-refractivity contribution is -0.148. The Hall–Kier alpha value is -6.40. The number of hydrazone groups is 1. The van der Waals surface area contributed by atoms with Crippen molar-refractivity contribution in [3.63, 3.8) is 0 Å². The highest BCUT2D eigenvalue weighted by atomic mass is 32.2. The number of methoxy groups -OCH3 is 2. The molecule has 22 nitrogen and oxygen atoms in total. The number of anilines is 1. The molecule has 0 aliphatic carbocycles. The van der Waals surface area contributed by atoms with Crippen LogP contribution in [0.2, 0.25) is 0 Å². The quantitative estimate of drug-likeness (QED) is 0.0234. The highest BCUT2D eigenvalue weighted by Crippen LogP contribution is 2.30. The number of hydrogen-bond acceptors (Lipinski definition) is 14. The smallest absolute Gasteiger partial charge is 0.295 e. The molecule has 23 heteroatoms. The summed E-state index contributed by atoms with van der Waals surface area (Å²) < 4.78 is 47.5. The van der Waals surface area contributed by atoms with Gasteiger partial charge in [-0.2, -0.15) is 13.5 Å². The van der Waals surface area contributed by atoms with Gasteiger partial charge >= 0.3 is 0 Å². The van der Waals surface area contributed by atoms with Crippen molar-refractivity contribution in [2.75, 3.05) is 53.8 Å². The number of benzene rings is 2. The molecule has 0 aromatic heterocycles. The predicted molar refractivity (Wildman–Crippen MR) is 302 cm³/mol. The van der Waals surface area contributed by atoms with E-state index >= 15 is 0 Å². The van der Waals surface area contributed by atoms with E-state index in [0.717, 1.165) is 17.0 Å². The second-order valence-corrected chi connectivity index (χ2v) is 23.1. The van der Waals surface area contributed by atoms with Gasteiger partial charge < -0.3 is 35.2 Å². The van der Waals surface area contributed by atoms with Gasteiger partial charge in [0.1, 0.15) is 10.9 Å². The van der Waals surface area contributed by atoms with E-state index in [1.807, 2.05) is 60.5 Å². The topological polar surface area (TPSA) is 283 Å². The Kier molecular flexibility index (Phi) is 25.1. The second-order valence-electron chi connectivity index (χ2n) is 21.7. The fourth-order valence-corrected chi connectivity index (χ4v) is 11.3. The first kappa shape index (κ1) is 66.1. The minimum absolute atomic E-state index is 0.00694. The molecule has 1 saturated heterocycles. The van der Waals surface area contributed by atoms with Gasteiger partial charge in [-0.1, -0.05) is 91.6 Å². The highest BCUT2D eigenvalue weighted by Gasteiger charge is 2.43. The maximum absolute atomic E-state index is 14.5. The fraction of sp³-hybridized carbons (Fsp3) is 0.596. The average molecular weight is 1140 g/mol. The van der Waals surface area contributed by atoms with Crippen molar-refractivity contribution >= 4 is 68.8 Å². The molecule has 80 heavy (non-hydrogen) atoms. The summed E-state index contributed by atoms with van der Waals surface area (Å²) in [6.45, 7) is 15.6. The molecule has 1 fully saturated rings. The Bertz CT molecular complexity index is 2660. The van der Waals surface area contributed by atoms with Crippen molar-refractivity contribution in [2.24, 2.45) is 28.8 Å². The minimum Gasteiger partial charge on any atom is -0.379 e. The molecule has 2 aliphatic rings. The number of rotatable bonds is 30. The van der Waals surface area contributed by atoms with Crippen molar-refractivity contribution in [3.8, 4) is 0 Å². The van der Waals surface area contributed by atoms with E-state index < -0.39 is 98.4 Å². The van der Waals surface area contributed by atoms with Crippen LogP contribution in [0.4, 0.5) is 5.69 Å². The van der Waals surface area contributed by atoms with Crippen LogP contribution in [-0.2, 0) is 53.2 Å². The Morgan fingerprint density at radius 3 is 2.05 bits per heavy atom. The molecule has 8 amide bonds. The number of carbonyl (C=O) groups is 8. The number of nitrogens with one attached hydrogen (secondary N) is 4. The first-order valence-corrected chi connectivity index (χ1v) is 28.9. The molecule has 5 N–H and O–H groups in total. The summed E-state index contributed by atoms with van der Waals surface area (Å²) in [6, 6.07) is 8.74. The third kappa shape index (κ3) is 17.6. The maximum atomic E-state index is 14.5. The molecule has 0 radical (unpaired) electrons. The molecule has 442 valence electrons. The van der Waals surface area contributed by atoms with Gasteiger partial charge in [0.05, 0.1) is 60.0 Å². The first-order chi connectivity index (χ1) is 37.7. The van der Waals surface area contributed by atoms with Gasteiger partial charge in [-0.05, 0) is 88.2 Å². The van der Waals surface area contributed by atoms with Gasteiger partial charge in [0, 0.05) is 58.6 Å². The van der Waals surface area contributed by atoms with E-state index in [2.05, 4.69) is 26.5 Å². The normalized spacial score (nSPS) is 17.9. The number of likely N-dealkylation sites (tertiary alicyclic amines) is 1. The van der Waals surface area contributed by atoms with E-state index in [-0.39, 0.29) is 66.3 Å². The Morgan fingerprint density at radius 2 is 1.49 bits per heavy atom. The van der Waals surface area contributed by atoms with Crippen LogP contribution in [0, 0.1) is 23.7 Å². The largest absolute Gasteiger partial charge is 0.379 e. The van der Waals surface area contributed by atoms with Crippen LogP contribution in [0.15, 0.2) is 70.7 Å². The van der Waals surface area contributed by atoms with Gasteiger partial charge in [0.2, 0.25) is 29.5 Å². The molecule has 4 rings (SSSR count). The zero-order chi connectivity index (χ0) is 59.8. The summed E-state index contributed by atoms with van der Waals surface area (Å²) >= 11 is 0.